The molecule has 0 amide bonds. The lowest BCUT2D eigenvalue weighted by molar-refractivity contribution is -0.0127. The topological polar surface area (TPSA) is 29.5 Å². The maximum Gasteiger partial charge on any atom is 0.192 e. The normalized spacial score (nSPS) is 17.9. The molecular weight excluding hydrogens is 228 g/mol. The molecule has 3 heteroatoms. The number of aliphatic hydroxyl groups is 1. The standard InChI is InChI=1S/C14H28O2Si/c1-9-11-14(6,15)12(10-2)16-17(7,8)13(3,4)5/h12,15H,10H2,1-8H3/t12-,14+/m1/s1. The Labute approximate surface area is 108 Å². The summed E-state index contributed by atoms with van der Waals surface area (Å²) in [6.07, 6.45) is 0.560. The number of hydrogen-bond acceptors (Lipinski definition) is 2. The zero-order chi connectivity index (χ0) is 13.9. The van der Waals surface area contributed by atoms with E-state index in [-0.39, 0.29) is 11.1 Å². The van der Waals surface area contributed by atoms with Crippen molar-refractivity contribution in [2.45, 2.75) is 77.8 Å². The van der Waals surface area contributed by atoms with Gasteiger partial charge in [-0.1, -0.05) is 33.6 Å². The second-order valence-corrected chi connectivity index (χ2v) is 11.1. The van der Waals surface area contributed by atoms with Gasteiger partial charge in [0.05, 0.1) is 6.10 Å². The summed E-state index contributed by atoms with van der Waals surface area (Å²) in [4.78, 5) is 0. The first kappa shape index (κ1) is 16.7. The molecule has 0 aliphatic carbocycles. The molecule has 100 valence electrons. The van der Waals surface area contributed by atoms with Crippen LogP contribution in [-0.4, -0.2) is 25.1 Å². The first-order valence-corrected chi connectivity index (χ1v) is 9.23. The number of rotatable bonds is 4. The zero-order valence-corrected chi connectivity index (χ0v) is 13.6. The third-order valence-electron chi connectivity index (χ3n) is 3.62. The smallest absolute Gasteiger partial charge is 0.192 e. The Morgan fingerprint density at radius 1 is 1.24 bits per heavy atom. The molecule has 0 radical (unpaired) electrons. The predicted octanol–water partition coefficient (Wildman–Crippen LogP) is 3.56. The predicted molar refractivity (Wildman–Crippen MR) is 76.4 cm³/mol. The SMILES string of the molecule is CC#C[C@](C)(O)[C@@H](CC)O[Si](C)(C)C(C)(C)C. The van der Waals surface area contributed by atoms with Crippen LogP contribution in [0.15, 0.2) is 0 Å². The van der Waals surface area contributed by atoms with Gasteiger partial charge in [-0.15, -0.1) is 5.92 Å². The average Bonchev–Trinajstić information content (AvgIpc) is 2.11. The van der Waals surface area contributed by atoms with Crippen LogP contribution in [0.3, 0.4) is 0 Å². The maximum absolute atomic E-state index is 10.3. The summed E-state index contributed by atoms with van der Waals surface area (Å²) in [5, 5.41) is 10.5. The van der Waals surface area contributed by atoms with Crippen LogP contribution in [0.5, 0.6) is 0 Å². The molecule has 0 fully saturated rings. The highest BCUT2D eigenvalue weighted by Gasteiger charge is 2.42. The summed E-state index contributed by atoms with van der Waals surface area (Å²) in [7, 11) is -1.86. The van der Waals surface area contributed by atoms with Gasteiger partial charge in [0.25, 0.3) is 0 Å². The first-order valence-electron chi connectivity index (χ1n) is 6.32. The molecule has 0 rings (SSSR count). The summed E-state index contributed by atoms with van der Waals surface area (Å²) in [6, 6.07) is 0. The second-order valence-electron chi connectivity index (χ2n) is 6.30. The van der Waals surface area contributed by atoms with Crippen molar-refractivity contribution >= 4 is 8.32 Å². The largest absolute Gasteiger partial charge is 0.410 e. The molecule has 0 aromatic rings. The molecule has 0 aliphatic rings. The molecular formula is C14H28O2Si. The molecule has 0 aromatic carbocycles. The van der Waals surface area contributed by atoms with Crippen LogP contribution >= 0.6 is 0 Å². The maximum atomic E-state index is 10.3. The molecule has 0 aromatic heterocycles. The Kier molecular flexibility index (Phi) is 5.46. The summed E-state index contributed by atoms with van der Waals surface area (Å²) in [5.74, 6) is 5.63. The fourth-order valence-corrected chi connectivity index (χ4v) is 2.92. The summed E-state index contributed by atoms with van der Waals surface area (Å²) >= 11 is 0. The molecule has 0 spiro atoms. The Morgan fingerprint density at radius 3 is 2.00 bits per heavy atom. The van der Waals surface area contributed by atoms with Crippen LogP contribution in [0.25, 0.3) is 0 Å². The van der Waals surface area contributed by atoms with Crippen LogP contribution < -0.4 is 0 Å². The summed E-state index contributed by atoms with van der Waals surface area (Å²) < 4.78 is 6.26. The van der Waals surface area contributed by atoms with Crippen molar-refractivity contribution in [2.75, 3.05) is 0 Å². The highest BCUT2D eigenvalue weighted by atomic mass is 28.4. The fourth-order valence-electron chi connectivity index (χ4n) is 1.46. The Bertz CT molecular complexity index is 302. The van der Waals surface area contributed by atoms with Crippen LogP contribution in [0.2, 0.25) is 18.1 Å². The van der Waals surface area contributed by atoms with E-state index < -0.39 is 13.9 Å². The quantitative estimate of drug-likeness (QED) is 0.615. The van der Waals surface area contributed by atoms with Crippen LogP contribution in [-0.2, 0) is 4.43 Å². The third kappa shape index (κ3) is 4.46. The Hall–Kier alpha value is -0.303. The highest BCUT2D eigenvalue weighted by molar-refractivity contribution is 6.74. The van der Waals surface area contributed by atoms with Crippen LogP contribution in [0.1, 0.15) is 48.0 Å². The van der Waals surface area contributed by atoms with Crippen molar-refractivity contribution in [1.82, 2.24) is 0 Å². The van der Waals surface area contributed by atoms with E-state index in [2.05, 4.69) is 45.7 Å². The van der Waals surface area contributed by atoms with Crippen LogP contribution in [0, 0.1) is 11.8 Å². The summed E-state index contributed by atoms with van der Waals surface area (Å²) in [6.45, 7) is 16.5. The molecule has 17 heavy (non-hydrogen) atoms. The van der Waals surface area contributed by atoms with Crippen molar-refractivity contribution in [3.8, 4) is 11.8 Å². The third-order valence-corrected chi connectivity index (χ3v) is 8.11. The van der Waals surface area contributed by atoms with Gasteiger partial charge in [0.15, 0.2) is 8.32 Å². The van der Waals surface area contributed by atoms with Crippen molar-refractivity contribution in [1.29, 1.82) is 0 Å². The molecule has 0 aliphatic heterocycles. The monoisotopic (exact) mass is 256 g/mol. The van der Waals surface area contributed by atoms with Gasteiger partial charge in [-0.3, -0.25) is 0 Å². The van der Waals surface area contributed by atoms with Gasteiger partial charge in [0.1, 0.15) is 5.60 Å². The minimum absolute atomic E-state index is 0.149. The van der Waals surface area contributed by atoms with Crippen molar-refractivity contribution < 1.29 is 9.53 Å². The van der Waals surface area contributed by atoms with Gasteiger partial charge in [-0.25, -0.2) is 0 Å². The molecule has 0 heterocycles. The minimum atomic E-state index is -1.86. The van der Waals surface area contributed by atoms with Crippen molar-refractivity contribution in [3.63, 3.8) is 0 Å². The van der Waals surface area contributed by atoms with Gasteiger partial charge in [-0.05, 0) is 38.4 Å². The van der Waals surface area contributed by atoms with E-state index in [9.17, 15) is 5.11 Å². The van der Waals surface area contributed by atoms with E-state index in [4.69, 9.17) is 4.43 Å². The molecule has 0 unspecified atom stereocenters. The van der Waals surface area contributed by atoms with Crippen molar-refractivity contribution in [3.05, 3.63) is 0 Å². The van der Waals surface area contributed by atoms with E-state index in [1.54, 1.807) is 13.8 Å². The van der Waals surface area contributed by atoms with E-state index in [1.807, 2.05) is 6.92 Å². The van der Waals surface area contributed by atoms with Crippen molar-refractivity contribution in [2.24, 2.45) is 0 Å². The minimum Gasteiger partial charge on any atom is -0.410 e. The van der Waals surface area contributed by atoms with E-state index >= 15 is 0 Å². The average molecular weight is 256 g/mol. The highest BCUT2D eigenvalue weighted by Crippen LogP contribution is 2.38. The Morgan fingerprint density at radius 2 is 1.71 bits per heavy atom. The molecule has 1 N–H and O–H groups in total. The first-order chi connectivity index (χ1) is 7.48. The molecule has 0 bridgehead atoms. The molecule has 0 saturated carbocycles. The lowest BCUT2D eigenvalue weighted by atomic mass is 9.98. The second kappa shape index (κ2) is 5.56. The van der Waals surface area contributed by atoms with E-state index in [1.165, 1.54) is 0 Å². The van der Waals surface area contributed by atoms with E-state index in [0.29, 0.717) is 0 Å². The van der Waals surface area contributed by atoms with E-state index in [0.717, 1.165) is 6.42 Å². The molecule has 2 nitrogen and oxygen atoms in total. The molecule has 2 atom stereocenters. The van der Waals surface area contributed by atoms with Gasteiger partial charge in [0, 0.05) is 0 Å². The van der Waals surface area contributed by atoms with Crippen LogP contribution in [0.4, 0.5) is 0 Å². The summed E-state index contributed by atoms with van der Waals surface area (Å²) in [5.41, 5.74) is -1.06. The lowest BCUT2D eigenvalue weighted by Crippen LogP contribution is -2.50. The van der Waals surface area contributed by atoms with Gasteiger partial charge in [0.2, 0.25) is 0 Å². The Balaban J connectivity index is 5.00. The van der Waals surface area contributed by atoms with Gasteiger partial charge < -0.3 is 9.53 Å². The van der Waals surface area contributed by atoms with Gasteiger partial charge >= 0.3 is 0 Å². The van der Waals surface area contributed by atoms with Gasteiger partial charge in [-0.2, -0.15) is 0 Å². The zero-order valence-electron chi connectivity index (χ0n) is 12.6. The fraction of sp³-hybridized carbons (Fsp3) is 0.857. The number of hydrogen-bond donors (Lipinski definition) is 1. The lowest BCUT2D eigenvalue weighted by Gasteiger charge is -2.42. The molecule has 0 saturated heterocycles.